The van der Waals surface area contributed by atoms with Crippen molar-refractivity contribution in [1.29, 1.82) is 0 Å². The number of carboxylic acids is 1. The number of amides is 1. The molecule has 0 aromatic heterocycles. The number of carboxylic acid groups (broad SMARTS) is 1. The van der Waals surface area contributed by atoms with Gasteiger partial charge in [-0.2, -0.15) is 0 Å². The van der Waals surface area contributed by atoms with E-state index in [0.29, 0.717) is 10.9 Å². The summed E-state index contributed by atoms with van der Waals surface area (Å²) in [5.41, 5.74) is 0.251. The molecule has 6 heteroatoms. The maximum Gasteiger partial charge on any atom is 0.326 e. The van der Waals surface area contributed by atoms with Crippen molar-refractivity contribution in [3.05, 3.63) is 33.3 Å². The first kappa shape index (κ1) is 14.0. The van der Waals surface area contributed by atoms with Gasteiger partial charge in [0, 0.05) is 4.47 Å². The van der Waals surface area contributed by atoms with E-state index in [2.05, 4.69) is 21.2 Å². The Morgan fingerprint density at radius 2 is 2.18 bits per heavy atom. The Morgan fingerprint density at radius 1 is 1.53 bits per heavy atom. The topological polar surface area (TPSA) is 66.4 Å². The molecule has 0 aliphatic carbocycles. The number of aliphatic carboxylic acids is 1. The summed E-state index contributed by atoms with van der Waals surface area (Å²) in [6.45, 7) is 1.68. The fourth-order valence-electron chi connectivity index (χ4n) is 1.25. The van der Waals surface area contributed by atoms with E-state index in [1.165, 1.54) is 6.07 Å². The van der Waals surface area contributed by atoms with Crippen LogP contribution in [0.2, 0.25) is 5.02 Å². The minimum atomic E-state index is -1.06. The van der Waals surface area contributed by atoms with Gasteiger partial charge >= 0.3 is 5.97 Å². The van der Waals surface area contributed by atoms with E-state index in [1.807, 2.05) is 0 Å². The van der Waals surface area contributed by atoms with Crippen molar-refractivity contribution in [3.8, 4) is 0 Å². The lowest BCUT2D eigenvalue weighted by atomic mass is 10.1. The minimum absolute atomic E-state index is 0.251. The molecule has 92 valence electrons. The number of hydrogen-bond acceptors (Lipinski definition) is 2. The smallest absolute Gasteiger partial charge is 0.326 e. The summed E-state index contributed by atoms with van der Waals surface area (Å²) < 4.78 is 0.593. The third-order valence-electron chi connectivity index (χ3n) is 2.21. The van der Waals surface area contributed by atoms with E-state index >= 15 is 0 Å². The van der Waals surface area contributed by atoms with E-state index in [9.17, 15) is 9.59 Å². The molecule has 1 atom stereocenters. The monoisotopic (exact) mass is 319 g/mol. The number of rotatable bonds is 4. The lowest BCUT2D eigenvalue weighted by Crippen LogP contribution is -2.40. The third-order valence-corrected chi connectivity index (χ3v) is 3.50. The molecule has 0 bridgehead atoms. The molecule has 0 fully saturated rings. The Bertz CT molecular complexity index is 450. The number of nitrogens with one attached hydrogen (secondary N) is 1. The number of hydrogen-bond donors (Lipinski definition) is 2. The molecule has 1 aromatic carbocycles. The predicted molar refractivity (Wildman–Crippen MR) is 68.3 cm³/mol. The van der Waals surface area contributed by atoms with Gasteiger partial charge in [0.15, 0.2) is 0 Å². The molecule has 17 heavy (non-hydrogen) atoms. The zero-order valence-electron chi connectivity index (χ0n) is 9.04. The van der Waals surface area contributed by atoms with Crippen molar-refractivity contribution in [2.24, 2.45) is 0 Å². The summed E-state index contributed by atoms with van der Waals surface area (Å²) in [5.74, 6) is -1.56. The van der Waals surface area contributed by atoms with Crippen LogP contribution >= 0.6 is 27.5 Å². The van der Waals surface area contributed by atoms with E-state index in [0.717, 1.165) is 0 Å². The molecule has 1 rings (SSSR count). The largest absolute Gasteiger partial charge is 0.480 e. The Kier molecular flexibility index (Phi) is 4.96. The number of carbonyl (C=O) groups is 2. The summed E-state index contributed by atoms with van der Waals surface area (Å²) in [6.07, 6.45) is 0.312. The highest BCUT2D eigenvalue weighted by molar-refractivity contribution is 9.10. The second-order valence-electron chi connectivity index (χ2n) is 3.37. The van der Waals surface area contributed by atoms with Crippen molar-refractivity contribution in [2.75, 3.05) is 0 Å². The summed E-state index contributed by atoms with van der Waals surface area (Å²) in [4.78, 5) is 22.6. The van der Waals surface area contributed by atoms with Gasteiger partial charge in [-0.05, 0) is 34.5 Å². The second-order valence-corrected chi connectivity index (χ2v) is 4.61. The van der Waals surface area contributed by atoms with Crippen LogP contribution < -0.4 is 5.32 Å². The van der Waals surface area contributed by atoms with E-state index in [4.69, 9.17) is 16.7 Å². The highest BCUT2D eigenvalue weighted by Gasteiger charge is 2.20. The van der Waals surface area contributed by atoms with Gasteiger partial charge in [0.05, 0.1) is 10.6 Å². The fraction of sp³-hybridized carbons (Fsp3) is 0.273. The highest BCUT2D eigenvalue weighted by atomic mass is 79.9. The van der Waals surface area contributed by atoms with Crippen LogP contribution in [-0.2, 0) is 4.79 Å². The zero-order valence-corrected chi connectivity index (χ0v) is 11.4. The standard InChI is InChI=1S/C11H11BrClNO3/c1-2-8(11(16)17)14-10(15)6-4-3-5-7(12)9(6)13/h3-5,8H,2H2,1H3,(H,14,15)(H,16,17). The molecule has 4 nitrogen and oxygen atoms in total. The normalized spacial score (nSPS) is 11.9. The van der Waals surface area contributed by atoms with Gasteiger partial charge in [0.1, 0.15) is 6.04 Å². The van der Waals surface area contributed by atoms with Gasteiger partial charge in [-0.3, -0.25) is 4.79 Å². The van der Waals surface area contributed by atoms with Crippen molar-refractivity contribution in [3.63, 3.8) is 0 Å². The van der Waals surface area contributed by atoms with Gasteiger partial charge in [0.2, 0.25) is 0 Å². The predicted octanol–water partition coefficient (Wildman–Crippen LogP) is 2.70. The van der Waals surface area contributed by atoms with Gasteiger partial charge in [-0.25, -0.2) is 4.79 Å². The Balaban J connectivity index is 2.90. The quantitative estimate of drug-likeness (QED) is 0.896. The maximum atomic E-state index is 11.8. The molecule has 0 heterocycles. The summed E-state index contributed by atoms with van der Waals surface area (Å²) in [6, 6.07) is 3.99. The Labute approximate surface area is 112 Å². The van der Waals surface area contributed by atoms with Crippen LogP contribution in [-0.4, -0.2) is 23.0 Å². The summed E-state index contributed by atoms with van der Waals surface area (Å²) in [7, 11) is 0. The van der Waals surface area contributed by atoms with Crippen molar-refractivity contribution in [2.45, 2.75) is 19.4 Å². The van der Waals surface area contributed by atoms with Gasteiger partial charge in [-0.15, -0.1) is 0 Å². The van der Waals surface area contributed by atoms with E-state index in [1.54, 1.807) is 19.1 Å². The Morgan fingerprint density at radius 3 is 2.71 bits per heavy atom. The molecule has 0 saturated heterocycles. The lowest BCUT2D eigenvalue weighted by Gasteiger charge is -2.13. The highest BCUT2D eigenvalue weighted by Crippen LogP contribution is 2.25. The second kappa shape index (κ2) is 6.02. The molecule has 0 saturated carbocycles. The van der Waals surface area contributed by atoms with Crippen molar-refractivity contribution in [1.82, 2.24) is 5.32 Å². The molecule has 1 amide bonds. The lowest BCUT2D eigenvalue weighted by molar-refractivity contribution is -0.139. The van der Waals surface area contributed by atoms with E-state index < -0.39 is 17.9 Å². The average molecular weight is 321 g/mol. The minimum Gasteiger partial charge on any atom is -0.480 e. The molecule has 0 spiro atoms. The molecule has 2 N–H and O–H groups in total. The van der Waals surface area contributed by atoms with Crippen LogP contribution in [0, 0.1) is 0 Å². The zero-order chi connectivity index (χ0) is 13.0. The van der Waals surface area contributed by atoms with Crippen molar-refractivity contribution < 1.29 is 14.7 Å². The molecule has 1 aromatic rings. The van der Waals surface area contributed by atoms with Crippen molar-refractivity contribution >= 4 is 39.4 Å². The molecular weight excluding hydrogens is 309 g/mol. The SMILES string of the molecule is CCC(NC(=O)c1cccc(Br)c1Cl)C(=O)O. The summed E-state index contributed by atoms with van der Waals surface area (Å²) >= 11 is 9.14. The van der Waals surface area contributed by atoms with E-state index in [-0.39, 0.29) is 10.6 Å². The summed E-state index contributed by atoms with van der Waals surface area (Å²) in [5, 5.41) is 11.5. The van der Waals surface area contributed by atoms with Gasteiger partial charge in [0.25, 0.3) is 5.91 Å². The number of carbonyl (C=O) groups excluding carboxylic acids is 1. The van der Waals surface area contributed by atoms with Crippen LogP contribution in [0.5, 0.6) is 0 Å². The van der Waals surface area contributed by atoms with Crippen LogP contribution in [0.1, 0.15) is 23.7 Å². The first-order valence-electron chi connectivity index (χ1n) is 4.95. The average Bonchev–Trinajstić information content (AvgIpc) is 2.28. The van der Waals surface area contributed by atoms with Gasteiger partial charge < -0.3 is 10.4 Å². The molecule has 1 unspecified atom stereocenters. The first-order valence-corrected chi connectivity index (χ1v) is 6.12. The van der Waals surface area contributed by atoms with Crippen LogP contribution in [0.15, 0.2) is 22.7 Å². The molecule has 0 aliphatic heterocycles. The molecular formula is C11H11BrClNO3. The number of halogens is 2. The Hall–Kier alpha value is -1.07. The molecule has 0 aliphatic rings. The third kappa shape index (κ3) is 3.44. The van der Waals surface area contributed by atoms with Crippen LogP contribution in [0.4, 0.5) is 0 Å². The maximum absolute atomic E-state index is 11.8. The number of benzene rings is 1. The first-order chi connectivity index (χ1) is 7.97. The van der Waals surface area contributed by atoms with Crippen LogP contribution in [0.3, 0.4) is 0 Å². The van der Waals surface area contributed by atoms with Crippen LogP contribution in [0.25, 0.3) is 0 Å². The fourth-order valence-corrected chi connectivity index (χ4v) is 1.83. The van der Waals surface area contributed by atoms with Gasteiger partial charge in [-0.1, -0.05) is 24.6 Å². The molecule has 0 radical (unpaired) electrons.